The highest BCUT2D eigenvalue weighted by Gasteiger charge is 2.42. The van der Waals surface area contributed by atoms with Gasteiger partial charge in [-0.1, -0.05) is 30.3 Å². The predicted molar refractivity (Wildman–Crippen MR) is 93.3 cm³/mol. The maximum absolute atomic E-state index is 12.5. The minimum atomic E-state index is -0.660. The summed E-state index contributed by atoms with van der Waals surface area (Å²) in [6, 6.07) is 9.65. The fraction of sp³-hybridized carbons (Fsp3) is 0.526. The molecule has 2 N–H and O–H groups in total. The minimum absolute atomic E-state index is 0.0877. The van der Waals surface area contributed by atoms with Gasteiger partial charge >= 0.3 is 0 Å². The molecule has 0 saturated carbocycles. The molecule has 0 spiro atoms. The predicted octanol–water partition coefficient (Wildman–Crippen LogP) is 1.70. The van der Waals surface area contributed by atoms with E-state index in [4.69, 9.17) is 4.74 Å². The van der Waals surface area contributed by atoms with E-state index < -0.39 is 11.5 Å². The third-order valence-electron chi connectivity index (χ3n) is 4.75. The molecular weight excluding hydrogens is 306 g/mol. The number of nitrogens with zero attached hydrogens (tertiary/aromatic N) is 1. The van der Waals surface area contributed by atoms with E-state index in [9.17, 15) is 15.0 Å². The summed E-state index contributed by atoms with van der Waals surface area (Å²) in [6.07, 6.45) is 4.61. The van der Waals surface area contributed by atoms with Crippen LogP contribution in [0.2, 0.25) is 0 Å². The highest BCUT2D eigenvalue weighted by atomic mass is 16.5. The summed E-state index contributed by atoms with van der Waals surface area (Å²) in [4.78, 5) is 14.2. The lowest BCUT2D eigenvalue weighted by Crippen LogP contribution is -2.55. The topological polar surface area (TPSA) is 70.0 Å². The molecule has 0 aliphatic carbocycles. The van der Waals surface area contributed by atoms with Crippen LogP contribution in [0.3, 0.4) is 0 Å². The van der Waals surface area contributed by atoms with Gasteiger partial charge in [0.05, 0.1) is 12.7 Å². The van der Waals surface area contributed by atoms with Gasteiger partial charge in [-0.3, -0.25) is 4.79 Å². The Kier molecular flexibility index (Phi) is 6.97. The Morgan fingerprint density at radius 3 is 2.83 bits per heavy atom. The lowest BCUT2D eigenvalue weighted by Gasteiger charge is -2.45. The van der Waals surface area contributed by atoms with Crippen LogP contribution in [-0.4, -0.2) is 60.5 Å². The molecule has 2 rings (SSSR count). The van der Waals surface area contributed by atoms with Crippen LogP contribution in [0, 0.1) is 5.41 Å². The average molecular weight is 333 g/mol. The maximum Gasteiger partial charge on any atom is 0.246 e. The van der Waals surface area contributed by atoms with Crippen molar-refractivity contribution >= 4 is 12.0 Å². The monoisotopic (exact) mass is 333 g/mol. The van der Waals surface area contributed by atoms with Crippen molar-refractivity contribution < 1.29 is 19.7 Å². The number of ether oxygens (including phenoxy) is 1. The van der Waals surface area contributed by atoms with Gasteiger partial charge in [-0.25, -0.2) is 0 Å². The summed E-state index contributed by atoms with van der Waals surface area (Å²) in [6.45, 7) is 1.32. The first kappa shape index (κ1) is 18.6. The Hall–Kier alpha value is -1.69. The third-order valence-corrected chi connectivity index (χ3v) is 4.75. The Labute approximate surface area is 143 Å². The second-order valence-corrected chi connectivity index (χ2v) is 6.43. The summed E-state index contributed by atoms with van der Waals surface area (Å²) in [5.41, 5.74) is 0.309. The third kappa shape index (κ3) is 4.66. The molecule has 132 valence electrons. The van der Waals surface area contributed by atoms with Crippen LogP contribution in [0.4, 0.5) is 0 Å². The summed E-state index contributed by atoms with van der Waals surface area (Å²) in [7, 11) is 1.63. The SMILES string of the molecule is COCCC[C@@]1(CO)CN(C(=O)/C=C/c2ccccc2)CC[C@H]1O. The maximum atomic E-state index is 12.5. The van der Waals surface area contributed by atoms with Crippen LogP contribution >= 0.6 is 0 Å². The van der Waals surface area contributed by atoms with Crippen molar-refractivity contribution in [3.8, 4) is 0 Å². The van der Waals surface area contributed by atoms with Gasteiger partial charge in [0.1, 0.15) is 0 Å². The highest BCUT2D eigenvalue weighted by molar-refractivity contribution is 5.91. The lowest BCUT2D eigenvalue weighted by atomic mass is 9.74. The Morgan fingerprint density at radius 1 is 1.42 bits per heavy atom. The van der Waals surface area contributed by atoms with Crippen LogP contribution in [0.5, 0.6) is 0 Å². The van der Waals surface area contributed by atoms with Gasteiger partial charge in [0.15, 0.2) is 0 Å². The van der Waals surface area contributed by atoms with Crippen molar-refractivity contribution in [2.75, 3.05) is 33.4 Å². The zero-order valence-electron chi connectivity index (χ0n) is 14.2. The molecule has 24 heavy (non-hydrogen) atoms. The molecule has 0 unspecified atom stereocenters. The minimum Gasteiger partial charge on any atom is -0.396 e. The van der Waals surface area contributed by atoms with E-state index in [1.54, 1.807) is 24.2 Å². The van der Waals surface area contributed by atoms with Gasteiger partial charge in [0.2, 0.25) is 5.91 Å². The van der Waals surface area contributed by atoms with Gasteiger partial charge < -0.3 is 19.8 Å². The number of carbonyl (C=O) groups is 1. The molecule has 2 atom stereocenters. The number of amides is 1. The number of benzene rings is 1. The number of carbonyl (C=O) groups excluding carboxylic acids is 1. The van der Waals surface area contributed by atoms with Crippen molar-refractivity contribution in [3.05, 3.63) is 42.0 Å². The van der Waals surface area contributed by atoms with Crippen molar-refractivity contribution in [1.29, 1.82) is 0 Å². The number of piperidine rings is 1. The quantitative estimate of drug-likeness (QED) is 0.589. The fourth-order valence-electron chi connectivity index (χ4n) is 3.22. The second kappa shape index (κ2) is 8.97. The van der Waals surface area contributed by atoms with Crippen LogP contribution in [0.15, 0.2) is 36.4 Å². The number of aliphatic hydroxyl groups excluding tert-OH is 2. The standard InChI is InChI=1S/C19H27NO4/c1-24-13-5-11-19(15-21)14-20(12-10-17(19)22)18(23)9-8-16-6-3-2-4-7-16/h2-4,6-9,17,21-22H,5,10-15H2,1H3/b9-8+/t17-,19+/m1/s1. The van der Waals surface area contributed by atoms with Gasteiger partial charge in [-0.2, -0.15) is 0 Å². The molecule has 1 aliphatic rings. The van der Waals surface area contributed by atoms with Crippen LogP contribution in [-0.2, 0) is 9.53 Å². The van der Waals surface area contributed by atoms with Crippen molar-refractivity contribution in [3.63, 3.8) is 0 Å². The first-order chi connectivity index (χ1) is 11.6. The van der Waals surface area contributed by atoms with Crippen molar-refractivity contribution in [2.45, 2.75) is 25.4 Å². The summed E-state index contributed by atoms with van der Waals surface area (Å²) < 4.78 is 5.06. The molecular formula is C19H27NO4. The number of likely N-dealkylation sites (tertiary alicyclic amines) is 1. The highest BCUT2D eigenvalue weighted by Crippen LogP contribution is 2.34. The number of methoxy groups -OCH3 is 1. The molecule has 1 saturated heterocycles. The van der Waals surface area contributed by atoms with E-state index in [2.05, 4.69) is 0 Å². The van der Waals surface area contributed by atoms with Crippen LogP contribution in [0.25, 0.3) is 6.08 Å². The van der Waals surface area contributed by atoms with E-state index in [-0.39, 0.29) is 12.5 Å². The second-order valence-electron chi connectivity index (χ2n) is 6.43. The zero-order valence-corrected chi connectivity index (χ0v) is 14.2. The molecule has 0 radical (unpaired) electrons. The Bertz CT molecular complexity index is 546. The van der Waals surface area contributed by atoms with E-state index >= 15 is 0 Å². The molecule has 1 heterocycles. The van der Waals surface area contributed by atoms with Crippen molar-refractivity contribution in [2.24, 2.45) is 5.41 Å². The van der Waals surface area contributed by atoms with Crippen LogP contribution in [0.1, 0.15) is 24.8 Å². The molecule has 0 aromatic heterocycles. The number of rotatable bonds is 7. The Morgan fingerprint density at radius 2 is 2.17 bits per heavy atom. The van der Waals surface area contributed by atoms with Gasteiger partial charge in [0.25, 0.3) is 0 Å². The first-order valence-corrected chi connectivity index (χ1v) is 8.41. The number of hydrogen-bond donors (Lipinski definition) is 2. The number of aliphatic hydroxyl groups is 2. The summed E-state index contributed by atoms with van der Waals surface area (Å²) >= 11 is 0. The first-order valence-electron chi connectivity index (χ1n) is 8.41. The molecule has 1 aromatic carbocycles. The molecule has 1 fully saturated rings. The fourth-order valence-corrected chi connectivity index (χ4v) is 3.22. The van der Waals surface area contributed by atoms with Crippen molar-refractivity contribution in [1.82, 2.24) is 4.90 Å². The Balaban J connectivity index is 2.02. The van der Waals surface area contributed by atoms with E-state index in [1.165, 1.54) is 0 Å². The molecule has 1 aliphatic heterocycles. The zero-order chi connectivity index (χ0) is 17.4. The summed E-state index contributed by atoms with van der Waals surface area (Å²) in [5, 5.41) is 20.2. The smallest absolute Gasteiger partial charge is 0.246 e. The average Bonchev–Trinajstić information content (AvgIpc) is 2.62. The van der Waals surface area contributed by atoms with Gasteiger partial charge in [-0.05, 0) is 30.9 Å². The molecule has 1 amide bonds. The lowest BCUT2D eigenvalue weighted by molar-refractivity contribution is -0.137. The molecule has 5 nitrogen and oxygen atoms in total. The molecule has 0 bridgehead atoms. The van der Waals surface area contributed by atoms with E-state index in [1.807, 2.05) is 30.3 Å². The van der Waals surface area contributed by atoms with E-state index in [0.717, 1.165) is 12.0 Å². The largest absolute Gasteiger partial charge is 0.396 e. The molecule has 1 aromatic rings. The summed E-state index contributed by atoms with van der Waals surface area (Å²) in [5.74, 6) is -0.0877. The van der Waals surface area contributed by atoms with Gasteiger partial charge in [0, 0.05) is 38.3 Å². The van der Waals surface area contributed by atoms with E-state index in [0.29, 0.717) is 32.5 Å². The number of hydrogen-bond acceptors (Lipinski definition) is 4. The normalized spacial score (nSPS) is 24.5. The molecule has 5 heteroatoms. The van der Waals surface area contributed by atoms with Crippen LogP contribution < -0.4 is 0 Å². The van der Waals surface area contributed by atoms with Gasteiger partial charge in [-0.15, -0.1) is 0 Å².